The van der Waals surface area contributed by atoms with Gasteiger partial charge in [-0.25, -0.2) is 0 Å². The van der Waals surface area contributed by atoms with E-state index in [0.717, 1.165) is 18.3 Å². The molecule has 2 rings (SSSR count). The van der Waals surface area contributed by atoms with E-state index in [1.807, 2.05) is 0 Å². The minimum absolute atomic E-state index is 0.664. The molecule has 1 aromatic rings. The van der Waals surface area contributed by atoms with E-state index in [-0.39, 0.29) is 0 Å². The van der Waals surface area contributed by atoms with Gasteiger partial charge in [0.15, 0.2) is 5.82 Å². The Balaban J connectivity index is 2.03. The molecule has 17 heavy (non-hydrogen) atoms. The average Bonchev–Trinajstić information content (AvgIpc) is 2.69. The first-order valence-corrected chi connectivity index (χ1v) is 7.00. The number of rotatable bonds is 5. The molecule has 0 spiro atoms. The maximum atomic E-state index is 4.43. The zero-order chi connectivity index (χ0) is 12.3. The predicted molar refractivity (Wildman–Crippen MR) is 72.3 cm³/mol. The molecule has 2 N–H and O–H groups in total. The van der Waals surface area contributed by atoms with Crippen molar-refractivity contribution in [1.82, 2.24) is 10.2 Å². The van der Waals surface area contributed by atoms with Crippen molar-refractivity contribution in [3.05, 3.63) is 11.3 Å². The van der Waals surface area contributed by atoms with Crippen molar-refractivity contribution < 1.29 is 0 Å². The second-order valence-corrected chi connectivity index (χ2v) is 5.70. The van der Waals surface area contributed by atoms with Crippen LogP contribution in [0.25, 0.3) is 0 Å². The number of aromatic nitrogens is 2. The Morgan fingerprint density at radius 1 is 1.47 bits per heavy atom. The van der Waals surface area contributed by atoms with Gasteiger partial charge in [0.2, 0.25) is 0 Å². The summed E-state index contributed by atoms with van der Waals surface area (Å²) in [6.07, 6.45) is 6.37. The molecule has 1 heterocycles. The number of nitrogens with zero attached hydrogens (tertiary/aromatic N) is 1. The van der Waals surface area contributed by atoms with Crippen LogP contribution in [0.3, 0.4) is 0 Å². The highest BCUT2D eigenvalue weighted by Crippen LogP contribution is 2.31. The lowest BCUT2D eigenvalue weighted by molar-refractivity contribution is 0.421. The summed E-state index contributed by atoms with van der Waals surface area (Å²) in [6.45, 7) is 7.75. The van der Waals surface area contributed by atoms with Crippen LogP contribution in [0.15, 0.2) is 0 Å². The first kappa shape index (κ1) is 12.5. The Morgan fingerprint density at radius 3 is 3.00 bits per heavy atom. The summed E-state index contributed by atoms with van der Waals surface area (Å²) >= 11 is 0. The lowest BCUT2D eigenvalue weighted by atomic mass is 9.84. The molecule has 0 bridgehead atoms. The minimum Gasteiger partial charge on any atom is -0.368 e. The quantitative estimate of drug-likeness (QED) is 0.821. The van der Waals surface area contributed by atoms with E-state index < -0.39 is 0 Å². The van der Waals surface area contributed by atoms with E-state index in [1.54, 1.807) is 0 Å². The minimum atomic E-state index is 0.664. The number of H-pyrrole nitrogens is 1. The SMILES string of the molecule is CCCC1CCc2[nH]nc(NCC(C)C)c2C1. The van der Waals surface area contributed by atoms with Crippen molar-refractivity contribution in [1.29, 1.82) is 0 Å². The molecule has 0 aliphatic heterocycles. The first-order chi connectivity index (χ1) is 8.20. The van der Waals surface area contributed by atoms with Gasteiger partial charge in [-0.2, -0.15) is 5.10 Å². The Hall–Kier alpha value is -0.990. The van der Waals surface area contributed by atoms with Crippen molar-refractivity contribution in [3.63, 3.8) is 0 Å². The summed E-state index contributed by atoms with van der Waals surface area (Å²) in [5, 5.41) is 11.1. The smallest absolute Gasteiger partial charge is 0.151 e. The van der Waals surface area contributed by atoms with Crippen LogP contribution in [-0.2, 0) is 12.8 Å². The number of fused-ring (bicyclic) bond motifs is 1. The van der Waals surface area contributed by atoms with Crippen LogP contribution in [0.1, 0.15) is 51.3 Å². The zero-order valence-electron chi connectivity index (χ0n) is 11.3. The summed E-state index contributed by atoms with van der Waals surface area (Å²) in [5.74, 6) is 2.64. The zero-order valence-corrected chi connectivity index (χ0v) is 11.3. The van der Waals surface area contributed by atoms with E-state index in [2.05, 4.69) is 36.3 Å². The normalized spacial score (nSPS) is 19.4. The molecule has 3 heteroatoms. The van der Waals surface area contributed by atoms with Crippen LogP contribution in [0, 0.1) is 11.8 Å². The fraction of sp³-hybridized carbons (Fsp3) is 0.786. The summed E-state index contributed by atoms with van der Waals surface area (Å²) in [6, 6.07) is 0. The van der Waals surface area contributed by atoms with E-state index in [4.69, 9.17) is 0 Å². The Bertz CT molecular complexity index is 354. The summed E-state index contributed by atoms with van der Waals surface area (Å²) in [7, 11) is 0. The second-order valence-electron chi connectivity index (χ2n) is 5.70. The third kappa shape index (κ3) is 3.02. The fourth-order valence-corrected chi connectivity index (χ4v) is 2.67. The topological polar surface area (TPSA) is 40.7 Å². The van der Waals surface area contributed by atoms with E-state index in [9.17, 15) is 0 Å². The van der Waals surface area contributed by atoms with Crippen molar-refractivity contribution in [2.24, 2.45) is 11.8 Å². The number of hydrogen-bond donors (Lipinski definition) is 2. The molecule has 1 aliphatic rings. The third-order valence-electron chi connectivity index (χ3n) is 3.62. The van der Waals surface area contributed by atoms with E-state index >= 15 is 0 Å². The van der Waals surface area contributed by atoms with Crippen LogP contribution >= 0.6 is 0 Å². The highest BCUT2D eigenvalue weighted by atomic mass is 15.2. The van der Waals surface area contributed by atoms with E-state index in [0.29, 0.717) is 5.92 Å². The van der Waals surface area contributed by atoms with Gasteiger partial charge < -0.3 is 5.32 Å². The van der Waals surface area contributed by atoms with Gasteiger partial charge in [0, 0.05) is 17.8 Å². The van der Waals surface area contributed by atoms with Gasteiger partial charge >= 0.3 is 0 Å². The molecule has 0 amide bonds. The highest BCUT2D eigenvalue weighted by Gasteiger charge is 2.23. The van der Waals surface area contributed by atoms with Crippen molar-refractivity contribution in [2.75, 3.05) is 11.9 Å². The molecule has 3 nitrogen and oxygen atoms in total. The van der Waals surface area contributed by atoms with Gasteiger partial charge in [-0.3, -0.25) is 5.10 Å². The van der Waals surface area contributed by atoms with Gasteiger partial charge in [0.05, 0.1) is 0 Å². The molecular formula is C14H25N3. The highest BCUT2D eigenvalue weighted by molar-refractivity contribution is 5.47. The molecular weight excluding hydrogens is 210 g/mol. The van der Waals surface area contributed by atoms with Gasteiger partial charge in [-0.1, -0.05) is 33.6 Å². The number of aryl methyl sites for hydroxylation is 1. The molecule has 0 fully saturated rings. The van der Waals surface area contributed by atoms with Crippen molar-refractivity contribution in [2.45, 2.75) is 52.9 Å². The fourth-order valence-electron chi connectivity index (χ4n) is 2.67. The van der Waals surface area contributed by atoms with Gasteiger partial charge in [0.25, 0.3) is 0 Å². The maximum Gasteiger partial charge on any atom is 0.151 e. The summed E-state index contributed by atoms with van der Waals surface area (Å²) < 4.78 is 0. The molecule has 0 aromatic carbocycles. The van der Waals surface area contributed by atoms with Crippen molar-refractivity contribution in [3.8, 4) is 0 Å². The van der Waals surface area contributed by atoms with Gasteiger partial charge in [-0.05, 0) is 31.1 Å². The largest absolute Gasteiger partial charge is 0.368 e. The molecule has 1 unspecified atom stereocenters. The molecule has 96 valence electrons. The first-order valence-electron chi connectivity index (χ1n) is 7.00. The summed E-state index contributed by atoms with van der Waals surface area (Å²) in [5.41, 5.74) is 2.82. The lowest BCUT2D eigenvalue weighted by Gasteiger charge is -2.22. The molecule has 1 aromatic heterocycles. The summed E-state index contributed by atoms with van der Waals surface area (Å²) in [4.78, 5) is 0. The molecule has 0 radical (unpaired) electrons. The average molecular weight is 235 g/mol. The van der Waals surface area contributed by atoms with Crippen LogP contribution in [0.5, 0.6) is 0 Å². The number of aromatic amines is 1. The van der Waals surface area contributed by atoms with Crippen molar-refractivity contribution >= 4 is 5.82 Å². The number of nitrogens with one attached hydrogen (secondary N) is 2. The number of hydrogen-bond acceptors (Lipinski definition) is 2. The Kier molecular flexibility index (Phi) is 4.08. The van der Waals surface area contributed by atoms with Crippen LogP contribution in [-0.4, -0.2) is 16.7 Å². The lowest BCUT2D eigenvalue weighted by Crippen LogP contribution is -2.16. The standard InChI is InChI=1S/C14H25N3/c1-4-5-11-6-7-13-12(8-11)14(17-16-13)15-9-10(2)3/h10-11H,4-9H2,1-3H3,(H2,15,16,17). The van der Waals surface area contributed by atoms with E-state index in [1.165, 1.54) is 43.4 Å². The van der Waals surface area contributed by atoms with Crippen LogP contribution in [0.4, 0.5) is 5.82 Å². The van der Waals surface area contributed by atoms with Gasteiger partial charge in [-0.15, -0.1) is 0 Å². The third-order valence-corrected chi connectivity index (χ3v) is 3.62. The molecule has 0 saturated carbocycles. The van der Waals surface area contributed by atoms with Gasteiger partial charge in [0.1, 0.15) is 0 Å². The Labute approximate surface area is 104 Å². The monoisotopic (exact) mass is 235 g/mol. The van der Waals surface area contributed by atoms with Crippen LogP contribution < -0.4 is 5.32 Å². The maximum absolute atomic E-state index is 4.43. The molecule has 1 atom stereocenters. The molecule has 1 aliphatic carbocycles. The predicted octanol–water partition coefficient (Wildman–Crippen LogP) is 3.38. The Morgan fingerprint density at radius 2 is 2.29 bits per heavy atom. The second kappa shape index (κ2) is 5.56. The molecule has 0 saturated heterocycles. The van der Waals surface area contributed by atoms with Crippen LogP contribution in [0.2, 0.25) is 0 Å². The number of anilines is 1.